The van der Waals surface area contributed by atoms with Gasteiger partial charge in [0.15, 0.2) is 5.82 Å². The normalized spacial score (nSPS) is 19.2. The van der Waals surface area contributed by atoms with Crippen molar-refractivity contribution >= 4 is 0 Å². The van der Waals surface area contributed by atoms with Crippen molar-refractivity contribution in [3.8, 4) is 11.4 Å². The smallest absolute Gasteiger partial charge is 0.387 e. The number of morpholine rings is 1. The summed E-state index contributed by atoms with van der Waals surface area (Å²) in [4.78, 5) is 2.24. The van der Waals surface area contributed by atoms with Crippen LogP contribution in [0.25, 0.3) is 5.69 Å². The molecule has 0 bridgehead atoms. The molecule has 1 atom stereocenters. The van der Waals surface area contributed by atoms with Crippen molar-refractivity contribution in [2.45, 2.75) is 26.1 Å². The lowest BCUT2D eigenvalue weighted by molar-refractivity contribution is -0.0498. The fourth-order valence-electron chi connectivity index (χ4n) is 2.45. The second-order valence-corrected chi connectivity index (χ2v) is 5.27. The summed E-state index contributed by atoms with van der Waals surface area (Å²) >= 11 is 0. The van der Waals surface area contributed by atoms with Gasteiger partial charge in [0.1, 0.15) is 5.75 Å². The third-order valence-electron chi connectivity index (χ3n) is 3.69. The number of aromatic nitrogens is 4. The lowest BCUT2D eigenvalue weighted by Crippen LogP contribution is -2.43. The molecular formula is C14H17F2N5O2. The number of ether oxygens (including phenoxy) is 2. The highest BCUT2D eigenvalue weighted by molar-refractivity contribution is 5.37. The van der Waals surface area contributed by atoms with E-state index in [0.29, 0.717) is 31.3 Å². The number of alkyl halides is 2. The minimum atomic E-state index is -2.84. The van der Waals surface area contributed by atoms with Crippen LogP contribution in [-0.2, 0) is 11.3 Å². The van der Waals surface area contributed by atoms with Gasteiger partial charge in [-0.1, -0.05) is 0 Å². The molecule has 1 saturated heterocycles. The molecule has 3 rings (SSSR count). The average molecular weight is 325 g/mol. The predicted octanol–water partition coefficient (Wildman–Crippen LogP) is 1.48. The number of halogens is 2. The first-order valence-electron chi connectivity index (χ1n) is 7.28. The van der Waals surface area contributed by atoms with Gasteiger partial charge in [0.05, 0.1) is 25.4 Å². The molecule has 0 N–H and O–H groups in total. The van der Waals surface area contributed by atoms with Gasteiger partial charge in [0.2, 0.25) is 0 Å². The van der Waals surface area contributed by atoms with Crippen molar-refractivity contribution in [1.82, 2.24) is 25.1 Å². The van der Waals surface area contributed by atoms with Gasteiger partial charge in [-0.2, -0.15) is 13.5 Å². The summed E-state index contributed by atoms with van der Waals surface area (Å²) < 4.78 is 35.7. The number of tetrazole rings is 1. The van der Waals surface area contributed by atoms with Gasteiger partial charge >= 0.3 is 6.61 Å². The zero-order valence-electron chi connectivity index (χ0n) is 12.6. The average Bonchev–Trinajstić information content (AvgIpc) is 2.98. The van der Waals surface area contributed by atoms with E-state index in [1.54, 1.807) is 16.8 Å². The maximum absolute atomic E-state index is 12.2. The second-order valence-electron chi connectivity index (χ2n) is 5.27. The molecule has 23 heavy (non-hydrogen) atoms. The highest BCUT2D eigenvalue weighted by atomic mass is 19.3. The summed E-state index contributed by atoms with van der Waals surface area (Å²) in [6.45, 7) is 2.02. The molecule has 2 aromatic rings. The Labute approximate surface area is 131 Å². The van der Waals surface area contributed by atoms with E-state index in [9.17, 15) is 8.78 Å². The molecule has 2 heterocycles. The Morgan fingerprint density at radius 3 is 2.83 bits per heavy atom. The molecule has 7 nitrogen and oxygen atoms in total. The minimum absolute atomic E-state index is 0.0974. The summed E-state index contributed by atoms with van der Waals surface area (Å²) in [6.07, 6.45) is 0. The standard InChI is InChI=1S/C14H17F2N5O2/c1-10-9-22-7-6-20(10)8-13-17-18-19-21(13)11-2-4-12(5-3-11)23-14(15)16/h2-5,10,14H,6-9H2,1H3/t10-/m1/s1. The number of rotatable bonds is 5. The van der Waals surface area contributed by atoms with E-state index in [0.717, 1.165) is 6.54 Å². The van der Waals surface area contributed by atoms with Crippen LogP contribution in [0.1, 0.15) is 12.7 Å². The van der Waals surface area contributed by atoms with Crippen LogP contribution in [0.5, 0.6) is 5.75 Å². The first-order chi connectivity index (χ1) is 11.1. The molecule has 1 aliphatic heterocycles. The van der Waals surface area contributed by atoms with Gasteiger partial charge in [-0.3, -0.25) is 4.90 Å². The zero-order valence-corrected chi connectivity index (χ0v) is 12.6. The Bertz CT molecular complexity index is 634. The van der Waals surface area contributed by atoms with Crippen LogP contribution >= 0.6 is 0 Å². The van der Waals surface area contributed by atoms with Gasteiger partial charge in [0, 0.05) is 12.6 Å². The fraction of sp³-hybridized carbons (Fsp3) is 0.500. The second kappa shape index (κ2) is 6.97. The van der Waals surface area contributed by atoms with Crippen molar-refractivity contribution < 1.29 is 18.3 Å². The van der Waals surface area contributed by atoms with Crippen LogP contribution in [0.4, 0.5) is 8.78 Å². The number of hydrogen-bond acceptors (Lipinski definition) is 6. The summed E-state index contributed by atoms with van der Waals surface area (Å²) in [5.74, 6) is 0.779. The highest BCUT2D eigenvalue weighted by Crippen LogP contribution is 2.18. The first kappa shape index (κ1) is 15.8. The molecule has 0 unspecified atom stereocenters. The Kier molecular flexibility index (Phi) is 4.77. The van der Waals surface area contributed by atoms with Crippen LogP contribution in [0.2, 0.25) is 0 Å². The molecule has 0 aliphatic carbocycles. The Hall–Kier alpha value is -2.13. The Morgan fingerprint density at radius 1 is 1.35 bits per heavy atom. The fourth-order valence-corrected chi connectivity index (χ4v) is 2.45. The van der Waals surface area contributed by atoms with Gasteiger partial charge < -0.3 is 9.47 Å². The maximum Gasteiger partial charge on any atom is 0.387 e. The maximum atomic E-state index is 12.2. The monoisotopic (exact) mass is 325 g/mol. The molecule has 0 spiro atoms. The lowest BCUT2D eigenvalue weighted by atomic mass is 10.2. The third kappa shape index (κ3) is 3.80. The molecule has 1 aromatic heterocycles. The van der Waals surface area contributed by atoms with Crippen molar-refractivity contribution in [1.29, 1.82) is 0 Å². The highest BCUT2D eigenvalue weighted by Gasteiger charge is 2.21. The van der Waals surface area contributed by atoms with Crippen molar-refractivity contribution in [2.24, 2.45) is 0 Å². The van der Waals surface area contributed by atoms with Crippen molar-refractivity contribution in [3.63, 3.8) is 0 Å². The van der Waals surface area contributed by atoms with E-state index in [2.05, 4.69) is 32.1 Å². The Morgan fingerprint density at radius 2 is 2.13 bits per heavy atom. The van der Waals surface area contributed by atoms with E-state index in [1.807, 2.05) is 0 Å². The Balaban J connectivity index is 1.75. The van der Waals surface area contributed by atoms with Crippen LogP contribution in [0, 0.1) is 0 Å². The van der Waals surface area contributed by atoms with Crippen LogP contribution in [0.15, 0.2) is 24.3 Å². The van der Waals surface area contributed by atoms with Crippen molar-refractivity contribution in [3.05, 3.63) is 30.1 Å². The number of nitrogens with zero attached hydrogens (tertiary/aromatic N) is 5. The molecule has 0 amide bonds. The molecule has 0 saturated carbocycles. The topological polar surface area (TPSA) is 65.3 Å². The van der Waals surface area contributed by atoms with E-state index >= 15 is 0 Å². The van der Waals surface area contributed by atoms with Crippen LogP contribution in [0.3, 0.4) is 0 Å². The predicted molar refractivity (Wildman–Crippen MR) is 76.5 cm³/mol. The SMILES string of the molecule is C[C@@H]1COCCN1Cc1nnnn1-c1ccc(OC(F)F)cc1. The first-order valence-corrected chi connectivity index (χ1v) is 7.28. The molecule has 1 aliphatic rings. The number of benzene rings is 1. The quantitative estimate of drug-likeness (QED) is 0.830. The van der Waals surface area contributed by atoms with E-state index in [-0.39, 0.29) is 11.8 Å². The summed E-state index contributed by atoms with van der Waals surface area (Å²) in [5.41, 5.74) is 0.688. The van der Waals surface area contributed by atoms with Gasteiger partial charge in [-0.15, -0.1) is 5.10 Å². The van der Waals surface area contributed by atoms with E-state index in [4.69, 9.17) is 4.74 Å². The van der Waals surface area contributed by atoms with E-state index < -0.39 is 6.61 Å². The largest absolute Gasteiger partial charge is 0.435 e. The molecule has 9 heteroatoms. The molecule has 124 valence electrons. The molecule has 1 aromatic carbocycles. The van der Waals surface area contributed by atoms with Crippen molar-refractivity contribution in [2.75, 3.05) is 19.8 Å². The minimum Gasteiger partial charge on any atom is -0.435 e. The zero-order chi connectivity index (χ0) is 16.2. The summed E-state index contributed by atoms with van der Waals surface area (Å²) in [5, 5.41) is 11.7. The van der Waals surface area contributed by atoms with Gasteiger partial charge in [0.25, 0.3) is 0 Å². The molecule has 0 radical (unpaired) electrons. The molecular weight excluding hydrogens is 308 g/mol. The lowest BCUT2D eigenvalue weighted by Gasteiger charge is -2.32. The summed E-state index contributed by atoms with van der Waals surface area (Å²) in [6, 6.07) is 6.49. The number of hydrogen-bond donors (Lipinski definition) is 0. The third-order valence-corrected chi connectivity index (χ3v) is 3.69. The van der Waals surface area contributed by atoms with E-state index in [1.165, 1.54) is 12.1 Å². The van der Waals surface area contributed by atoms with Crippen LogP contribution < -0.4 is 4.74 Å². The molecule has 1 fully saturated rings. The summed E-state index contributed by atoms with van der Waals surface area (Å²) in [7, 11) is 0. The van der Waals surface area contributed by atoms with Gasteiger partial charge in [-0.05, 0) is 41.6 Å². The van der Waals surface area contributed by atoms with Gasteiger partial charge in [-0.25, -0.2) is 0 Å². The van der Waals surface area contributed by atoms with Crippen LogP contribution in [-0.4, -0.2) is 57.5 Å².